The molecule has 0 radical (unpaired) electrons. The average molecular weight is 372 g/mol. The van der Waals surface area contributed by atoms with Crippen LogP contribution in [0, 0.1) is 0 Å². The van der Waals surface area contributed by atoms with Gasteiger partial charge in [-0.25, -0.2) is 10.0 Å². The maximum absolute atomic E-state index is 12.7. The van der Waals surface area contributed by atoms with Crippen molar-refractivity contribution < 1.29 is 14.4 Å². The van der Waals surface area contributed by atoms with Crippen molar-refractivity contribution in [1.29, 1.82) is 0 Å². The molecule has 3 aromatic rings. The standard InChI is InChI=1S/C19H18ClN3O3/c1-23(26-3)19(24)14-10-12-8-9-13(25-2)11-17(12)22-18(14)21-16-7-5-4-6-15(16)20/h4-11H,1-3H3,(H,21,22). The number of nitrogens with zero attached hydrogens (tertiary/aromatic N) is 2. The summed E-state index contributed by atoms with van der Waals surface area (Å²) in [6, 6.07) is 14.5. The van der Waals surface area contributed by atoms with Gasteiger partial charge in [0, 0.05) is 18.5 Å². The van der Waals surface area contributed by atoms with Crippen LogP contribution in [0.2, 0.25) is 5.02 Å². The number of halogens is 1. The molecule has 134 valence electrons. The monoisotopic (exact) mass is 371 g/mol. The number of ether oxygens (including phenoxy) is 1. The third-order valence-electron chi connectivity index (χ3n) is 3.94. The Bertz CT molecular complexity index is 962. The molecular formula is C19H18ClN3O3. The summed E-state index contributed by atoms with van der Waals surface area (Å²) in [7, 11) is 4.56. The highest BCUT2D eigenvalue weighted by atomic mass is 35.5. The summed E-state index contributed by atoms with van der Waals surface area (Å²) in [5.41, 5.74) is 1.71. The fraction of sp³-hybridized carbons (Fsp3) is 0.158. The zero-order chi connectivity index (χ0) is 18.7. The topological polar surface area (TPSA) is 63.7 Å². The third kappa shape index (κ3) is 3.56. The van der Waals surface area contributed by atoms with Gasteiger partial charge in [0.25, 0.3) is 5.91 Å². The minimum atomic E-state index is -0.327. The van der Waals surface area contributed by atoms with Crippen LogP contribution in [0.1, 0.15) is 10.4 Å². The number of carbonyl (C=O) groups excluding carboxylic acids is 1. The summed E-state index contributed by atoms with van der Waals surface area (Å²) in [5.74, 6) is 0.738. The number of fused-ring (bicyclic) bond motifs is 1. The van der Waals surface area contributed by atoms with E-state index in [-0.39, 0.29) is 5.91 Å². The first-order chi connectivity index (χ1) is 12.5. The normalized spacial score (nSPS) is 10.6. The second-order valence-corrected chi connectivity index (χ2v) is 5.94. The summed E-state index contributed by atoms with van der Waals surface area (Å²) in [6.07, 6.45) is 0. The molecule has 0 bridgehead atoms. The molecule has 1 aromatic heterocycles. The minimum Gasteiger partial charge on any atom is -0.497 e. The van der Waals surface area contributed by atoms with Crippen LogP contribution in [0.25, 0.3) is 10.9 Å². The molecule has 3 rings (SSSR count). The largest absolute Gasteiger partial charge is 0.497 e. The first-order valence-electron chi connectivity index (χ1n) is 7.86. The smallest absolute Gasteiger partial charge is 0.280 e. The molecule has 0 saturated heterocycles. The van der Waals surface area contributed by atoms with E-state index in [0.717, 1.165) is 10.4 Å². The van der Waals surface area contributed by atoms with Gasteiger partial charge in [0.15, 0.2) is 0 Å². The maximum atomic E-state index is 12.7. The lowest BCUT2D eigenvalue weighted by Crippen LogP contribution is -2.26. The molecule has 7 heteroatoms. The summed E-state index contributed by atoms with van der Waals surface area (Å²) >= 11 is 6.23. The predicted molar refractivity (Wildman–Crippen MR) is 102 cm³/mol. The molecule has 6 nitrogen and oxygen atoms in total. The van der Waals surface area contributed by atoms with E-state index in [0.29, 0.717) is 33.4 Å². The van der Waals surface area contributed by atoms with Crippen LogP contribution in [-0.4, -0.2) is 37.2 Å². The van der Waals surface area contributed by atoms with Crippen molar-refractivity contribution >= 4 is 39.9 Å². The number of hydrogen-bond acceptors (Lipinski definition) is 5. The highest BCUT2D eigenvalue weighted by Gasteiger charge is 2.19. The minimum absolute atomic E-state index is 0.327. The van der Waals surface area contributed by atoms with Crippen LogP contribution in [0.4, 0.5) is 11.5 Å². The Morgan fingerprint density at radius 3 is 2.62 bits per heavy atom. The molecule has 0 aliphatic heterocycles. The number of nitrogens with one attached hydrogen (secondary N) is 1. The quantitative estimate of drug-likeness (QED) is 0.678. The highest BCUT2D eigenvalue weighted by molar-refractivity contribution is 6.33. The number of para-hydroxylation sites is 1. The fourth-order valence-electron chi connectivity index (χ4n) is 2.47. The van der Waals surface area contributed by atoms with Gasteiger partial charge in [-0.05, 0) is 30.3 Å². The SMILES string of the molecule is COc1ccc2cc(C(=O)N(C)OC)c(Nc3ccccc3Cl)nc2c1. The molecule has 0 unspecified atom stereocenters. The van der Waals surface area contributed by atoms with Crippen LogP contribution < -0.4 is 10.1 Å². The third-order valence-corrected chi connectivity index (χ3v) is 4.27. The van der Waals surface area contributed by atoms with Crippen molar-refractivity contribution in [3.05, 3.63) is 59.1 Å². The van der Waals surface area contributed by atoms with Crippen LogP contribution in [0.15, 0.2) is 48.5 Å². The van der Waals surface area contributed by atoms with Gasteiger partial charge in [0.1, 0.15) is 11.6 Å². The number of aromatic nitrogens is 1. The molecule has 0 spiro atoms. The van der Waals surface area contributed by atoms with Crippen LogP contribution in [0.5, 0.6) is 5.75 Å². The van der Waals surface area contributed by atoms with Crippen molar-refractivity contribution in [2.24, 2.45) is 0 Å². The van der Waals surface area contributed by atoms with Gasteiger partial charge in [-0.15, -0.1) is 0 Å². The van der Waals surface area contributed by atoms with Crippen molar-refractivity contribution in [2.75, 3.05) is 26.6 Å². The number of benzene rings is 2. The first kappa shape index (κ1) is 18.0. The summed E-state index contributed by atoms with van der Waals surface area (Å²) < 4.78 is 5.26. The summed E-state index contributed by atoms with van der Waals surface area (Å²) in [5, 5.41) is 5.62. The van der Waals surface area contributed by atoms with E-state index >= 15 is 0 Å². The lowest BCUT2D eigenvalue weighted by molar-refractivity contribution is -0.0756. The molecule has 1 amide bonds. The van der Waals surface area contributed by atoms with E-state index in [4.69, 9.17) is 21.2 Å². The Morgan fingerprint density at radius 1 is 1.15 bits per heavy atom. The lowest BCUT2D eigenvalue weighted by atomic mass is 10.1. The van der Waals surface area contributed by atoms with Crippen molar-refractivity contribution in [3.63, 3.8) is 0 Å². The van der Waals surface area contributed by atoms with E-state index in [2.05, 4.69) is 10.3 Å². The van der Waals surface area contributed by atoms with E-state index in [1.165, 1.54) is 7.11 Å². The van der Waals surface area contributed by atoms with Crippen LogP contribution >= 0.6 is 11.6 Å². The zero-order valence-electron chi connectivity index (χ0n) is 14.6. The average Bonchev–Trinajstić information content (AvgIpc) is 2.67. The van der Waals surface area contributed by atoms with E-state index in [9.17, 15) is 4.79 Å². The maximum Gasteiger partial charge on any atom is 0.280 e. The zero-order valence-corrected chi connectivity index (χ0v) is 15.4. The van der Waals surface area contributed by atoms with Gasteiger partial charge in [-0.2, -0.15) is 0 Å². The molecule has 0 saturated carbocycles. The van der Waals surface area contributed by atoms with E-state index in [1.807, 2.05) is 30.3 Å². The lowest BCUT2D eigenvalue weighted by Gasteiger charge is -2.18. The molecule has 2 aromatic carbocycles. The van der Waals surface area contributed by atoms with Crippen molar-refractivity contribution in [1.82, 2.24) is 10.0 Å². The number of hydrogen-bond donors (Lipinski definition) is 1. The molecule has 1 N–H and O–H groups in total. The van der Waals surface area contributed by atoms with Crippen LogP contribution in [0.3, 0.4) is 0 Å². The van der Waals surface area contributed by atoms with E-state index < -0.39 is 0 Å². The molecule has 26 heavy (non-hydrogen) atoms. The van der Waals surface area contributed by atoms with Gasteiger partial charge in [-0.1, -0.05) is 23.7 Å². The Morgan fingerprint density at radius 2 is 1.92 bits per heavy atom. The Kier molecular flexibility index (Phi) is 5.25. The van der Waals surface area contributed by atoms with Gasteiger partial charge < -0.3 is 10.1 Å². The van der Waals surface area contributed by atoms with E-state index in [1.54, 1.807) is 32.4 Å². The fourth-order valence-corrected chi connectivity index (χ4v) is 2.66. The number of amides is 1. The second kappa shape index (κ2) is 7.59. The number of carbonyl (C=O) groups is 1. The molecule has 0 aliphatic carbocycles. The van der Waals surface area contributed by atoms with Gasteiger partial charge in [-0.3, -0.25) is 9.63 Å². The Hall–Kier alpha value is -2.83. The van der Waals surface area contributed by atoms with Crippen LogP contribution in [-0.2, 0) is 4.84 Å². The Balaban J connectivity index is 2.15. The van der Waals surface area contributed by atoms with Crippen molar-refractivity contribution in [2.45, 2.75) is 0 Å². The summed E-state index contributed by atoms with van der Waals surface area (Å²) in [4.78, 5) is 22.3. The molecule has 0 aliphatic rings. The van der Waals surface area contributed by atoms with Crippen molar-refractivity contribution in [3.8, 4) is 5.75 Å². The second-order valence-electron chi connectivity index (χ2n) is 5.53. The molecule has 0 atom stereocenters. The molecule has 0 fully saturated rings. The first-order valence-corrected chi connectivity index (χ1v) is 8.24. The molecular weight excluding hydrogens is 354 g/mol. The summed E-state index contributed by atoms with van der Waals surface area (Å²) in [6.45, 7) is 0. The number of rotatable bonds is 5. The van der Waals surface area contributed by atoms with Gasteiger partial charge >= 0.3 is 0 Å². The Labute approximate surface area is 156 Å². The number of hydroxylamine groups is 2. The van der Waals surface area contributed by atoms with Gasteiger partial charge in [0.05, 0.1) is 36.0 Å². The predicted octanol–water partition coefficient (Wildman–Crippen LogP) is 4.27. The van der Waals surface area contributed by atoms with Gasteiger partial charge in [0.2, 0.25) is 0 Å². The number of pyridine rings is 1. The number of methoxy groups -OCH3 is 1. The number of anilines is 2. The molecule has 1 heterocycles. The highest BCUT2D eigenvalue weighted by Crippen LogP contribution is 2.29.